The summed E-state index contributed by atoms with van der Waals surface area (Å²) in [6, 6.07) is 0. The van der Waals surface area contributed by atoms with E-state index in [1.54, 1.807) is 4.90 Å². The molecular formula is C8H12ClNO3. The molecule has 0 aromatic heterocycles. The predicted octanol–water partition coefficient (Wildman–Crippen LogP) is 0.0416. The van der Waals surface area contributed by atoms with Crippen molar-refractivity contribution in [1.29, 1.82) is 0 Å². The van der Waals surface area contributed by atoms with Gasteiger partial charge in [0.15, 0.2) is 11.2 Å². The molecule has 1 amide bonds. The van der Waals surface area contributed by atoms with Crippen LogP contribution < -0.4 is 0 Å². The maximum Gasteiger partial charge on any atom is 0.248 e. The van der Waals surface area contributed by atoms with E-state index >= 15 is 0 Å². The van der Waals surface area contributed by atoms with Crippen LogP contribution in [0.5, 0.6) is 0 Å². The van der Waals surface area contributed by atoms with Crippen molar-refractivity contribution in [2.75, 3.05) is 26.3 Å². The number of amides is 1. The lowest BCUT2D eigenvalue weighted by Gasteiger charge is -2.27. The van der Waals surface area contributed by atoms with Gasteiger partial charge in [-0.25, -0.2) is 0 Å². The zero-order valence-corrected chi connectivity index (χ0v) is 8.21. The maximum atomic E-state index is 11.5. The second-order valence-corrected chi connectivity index (χ2v) is 3.35. The number of hydrogen-bond acceptors (Lipinski definition) is 3. The van der Waals surface area contributed by atoms with Crippen LogP contribution in [0.3, 0.4) is 0 Å². The lowest BCUT2D eigenvalue weighted by atomic mass is 10.2. The van der Waals surface area contributed by atoms with Crippen molar-refractivity contribution < 1.29 is 14.3 Å². The highest BCUT2D eigenvalue weighted by atomic mass is 35.5. The van der Waals surface area contributed by atoms with Gasteiger partial charge in [0.25, 0.3) is 0 Å². The van der Waals surface area contributed by atoms with Gasteiger partial charge in [-0.05, 0) is 6.92 Å². The van der Waals surface area contributed by atoms with Crippen LogP contribution in [0, 0.1) is 0 Å². The molecule has 0 spiro atoms. The van der Waals surface area contributed by atoms with Crippen molar-refractivity contribution in [3.05, 3.63) is 0 Å². The molecule has 0 unspecified atom stereocenters. The predicted molar refractivity (Wildman–Crippen MR) is 47.7 cm³/mol. The van der Waals surface area contributed by atoms with Crippen LogP contribution >= 0.6 is 11.6 Å². The molecule has 0 saturated carbocycles. The van der Waals surface area contributed by atoms with Crippen molar-refractivity contribution in [3.8, 4) is 0 Å². The quantitative estimate of drug-likeness (QED) is 0.473. The van der Waals surface area contributed by atoms with E-state index < -0.39 is 5.38 Å². The highest BCUT2D eigenvalue weighted by molar-refractivity contribution is 6.41. The largest absolute Gasteiger partial charge is 0.378 e. The highest BCUT2D eigenvalue weighted by Crippen LogP contribution is 2.06. The third-order valence-electron chi connectivity index (χ3n) is 1.90. The number of morpholine rings is 1. The third-order valence-corrected chi connectivity index (χ3v) is 2.39. The fourth-order valence-electron chi connectivity index (χ4n) is 1.12. The van der Waals surface area contributed by atoms with Crippen molar-refractivity contribution in [2.45, 2.75) is 12.3 Å². The smallest absolute Gasteiger partial charge is 0.248 e. The molecule has 5 heteroatoms. The molecule has 74 valence electrons. The number of rotatable bonds is 2. The topological polar surface area (TPSA) is 46.6 Å². The molecule has 1 aliphatic heterocycles. The van der Waals surface area contributed by atoms with Gasteiger partial charge in [-0.15, -0.1) is 11.6 Å². The second-order valence-electron chi connectivity index (χ2n) is 2.91. The number of ether oxygens (including phenoxy) is 1. The highest BCUT2D eigenvalue weighted by Gasteiger charge is 2.26. The average molecular weight is 206 g/mol. The Kier molecular flexibility index (Phi) is 3.69. The molecule has 0 aromatic carbocycles. The molecule has 13 heavy (non-hydrogen) atoms. The Labute approximate surface area is 81.8 Å². The van der Waals surface area contributed by atoms with Gasteiger partial charge in [0.1, 0.15) is 0 Å². The molecule has 1 saturated heterocycles. The van der Waals surface area contributed by atoms with E-state index in [4.69, 9.17) is 16.3 Å². The number of alkyl halides is 1. The van der Waals surface area contributed by atoms with E-state index in [-0.39, 0.29) is 11.7 Å². The first-order chi connectivity index (χ1) is 6.13. The molecule has 0 radical (unpaired) electrons. The van der Waals surface area contributed by atoms with Crippen LogP contribution in [0.1, 0.15) is 6.92 Å². The van der Waals surface area contributed by atoms with Gasteiger partial charge in [0.2, 0.25) is 5.91 Å². The first-order valence-corrected chi connectivity index (χ1v) is 4.57. The van der Waals surface area contributed by atoms with Gasteiger partial charge in [-0.1, -0.05) is 0 Å². The monoisotopic (exact) mass is 205 g/mol. The molecule has 1 fully saturated rings. The fourth-order valence-corrected chi connectivity index (χ4v) is 1.26. The standard InChI is InChI=1S/C8H12ClNO3/c1-6(11)7(9)8(12)10-2-4-13-5-3-10/h7H,2-5H2,1H3/t7-/m0/s1. The Hall–Kier alpha value is -0.610. The summed E-state index contributed by atoms with van der Waals surface area (Å²) in [6.45, 7) is 3.40. The number of hydrogen-bond donors (Lipinski definition) is 0. The number of ketones is 1. The normalized spacial score (nSPS) is 19.7. The minimum absolute atomic E-state index is 0.307. The van der Waals surface area contributed by atoms with Crippen LogP contribution in [0.15, 0.2) is 0 Å². The van der Waals surface area contributed by atoms with Gasteiger partial charge in [0, 0.05) is 13.1 Å². The molecule has 1 heterocycles. The summed E-state index contributed by atoms with van der Waals surface area (Å²) < 4.78 is 5.07. The van der Waals surface area contributed by atoms with Crippen molar-refractivity contribution in [3.63, 3.8) is 0 Å². The van der Waals surface area contributed by atoms with E-state index in [2.05, 4.69) is 0 Å². The number of carbonyl (C=O) groups is 2. The van der Waals surface area contributed by atoms with E-state index in [0.29, 0.717) is 26.3 Å². The minimum atomic E-state index is -1.03. The third kappa shape index (κ3) is 2.67. The van der Waals surface area contributed by atoms with E-state index in [9.17, 15) is 9.59 Å². The summed E-state index contributed by atoms with van der Waals surface area (Å²) >= 11 is 5.62. The molecule has 0 bridgehead atoms. The van der Waals surface area contributed by atoms with Crippen LogP contribution in [0.4, 0.5) is 0 Å². The van der Waals surface area contributed by atoms with Crippen LogP contribution in [-0.4, -0.2) is 48.3 Å². The molecule has 1 rings (SSSR count). The Morgan fingerprint density at radius 2 is 1.92 bits per heavy atom. The average Bonchev–Trinajstić information content (AvgIpc) is 2.17. The Balaban J connectivity index is 2.50. The van der Waals surface area contributed by atoms with E-state index in [0.717, 1.165) is 0 Å². The van der Waals surface area contributed by atoms with Crippen molar-refractivity contribution in [2.24, 2.45) is 0 Å². The van der Waals surface area contributed by atoms with Crippen LogP contribution in [-0.2, 0) is 14.3 Å². The van der Waals surface area contributed by atoms with E-state index in [1.165, 1.54) is 6.92 Å². The summed E-state index contributed by atoms with van der Waals surface area (Å²) in [6.07, 6.45) is 0. The van der Waals surface area contributed by atoms with Gasteiger partial charge >= 0.3 is 0 Å². The van der Waals surface area contributed by atoms with Gasteiger partial charge in [-0.3, -0.25) is 9.59 Å². The number of halogens is 1. The SMILES string of the molecule is CC(=O)[C@H](Cl)C(=O)N1CCOCC1. The molecule has 1 aliphatic rings. The van der Waals surface area contributed by atoms with E-state index in [1.807, 2.05) is 0 Å². The van der Waals surface area contributed by atoms with Gasteiger partial charge < -0.3 is 9.64 Å². The Morgan fingerprint density at radius 3 is 2.38 bits per heavy atom. The number of carbonyl (C=O) groups excluding carboxylic acids is 2. The molecule has 0 N–H and O–H groups in total. The molecule has 0 aromatic rings. The summed E-state index contributed by atoms with van der Waals surface area (Å²) in [4.78, 5) is 23.8. The molecule has 0 aliphatic carbocycles. The van der Waals surface area contributed by atoms with Gasteiger partial charge in [0.05, 0.1) is 13.2 Å². The number of Topliss-reactive ketones (excluding diaryl/α,β-unsaturated/α-hetero) is 1. The zero-order chi connectivity index (χ0) is 9.84. The fraction of sp³-hybridized carbons (Fsp3) is 0.750. The van der Waals surface area contributed by atoms with Gasteiger partial charge in [-0.2, -0.15) is 0 Å². The van der Waals surface area contributed by atoms with Crippen molar-refractivity contribution >= 4 is 23.3 Å². The Bertz CT molecular complexity index is 213. The molecule has 4 nitrogen and oxygen atoms in total. The number of nitrogens with zero attached hydrogens (tertiary/aromatic N) is 1. The van der Waals surface area contributed by atoms with Crippen LogP contribution in [0.2, 0.25) is 0 Å². The van der Waals surface area contributed by atoms with Crippen molar-refractivity contribution in [1.82, 2.24) is 4.90 Å². The first-order valence-electron chi connectivity index (χ1n) is 4.14. The maximum absolute atomic E-state index is 11.5. The first kappa shape index (κ1) is 10.5. The lowest BCUT2D eigenvalue weighted by molar-refractivity contribution is -0.137. The molecule has 1 atom stereocenters. The summed E-state index contributed by atoms with van der Waals surface area (Å²) in [7, 11) is 0. The second kappa shape index (κ2) is 4.58. The minimum Gasteiger partial charge on any atom is -0.378 e. The summed E-state index contributed by atoms with van der Waals surface area (Å²) in [5.41, 5.74) is 0. The summed E-state index contributed by atoms with van der Waals surface area (Å²) in [5, 5.41) is -1.03. The Morgan fingerprint density at radius 1 is 1.38 bits per heavy atom. The summed E-state index contributed by atoms with van der Waals surface area (Å²) in [5.74, 6) is -0.615. The lowest BCUT2D eigenvalue weighted by Crippen LogP contribution is -2.45. The molecular weight excluding hydrogens is 194 g/mol. The van der Waals surface area contributed by atoms with Crippen LogP contribution in [0.25, 0.3) is 0 Å². The zero-order valence-electron chi connectivity index (χ0n) is 7.46.